The van der Waals surface area contributed by atoms with Gasteiger partial charge in [-0.2, -0.15) is 9.98 Å². The monoisotopic (exact) mass is 228 g/mol. The number of rotatable bonds is 4. The lowest BCUT2D eigenvalue weighted by atomic mass is 10.0. The van der Waals surface area contributed by atoms with Crippen LogP contribution < -0.4 is 4.72 Å². The third kappa shape index (κ3) is 2.70. The fourth-order valence-corrected chi connectivity index (χ4v) is 4.03. The van der Waals surface area contributed by atoms with Crippen molar-refractivity contribution < 1.29 is 8.42 Å². The number of sulfonamides is 1. The molecule has 0 aromatic heterocycles. The molecule has 5 heteroatoms. The highest BCUT2D eigenvalue weighted by Crippen LogP contribution is 2.33. The molecule has 4 nitrogen and oxygen atoms in total. The lowest BCUT2D eigenvalue weighted by Gasteiger charge is -2.21. The van der Waals surface area contributed by atoms with E-state index in [0.29, 0.717) is 18.8 Å². The fraction of sp³-hybridized carbons (Fsp3) is 0.900. The van der Waals surface area contributed by atoms with Gasteiger partial charge in [0.05, 0.1) is 11.8 Å². The average molecular weight is 228 g/mol. The molecule has 0 atom stereocenters. The minimum Gasteiger partial charge on any atom is -0.212 e. The number of hydrogen-bond donors (Lipinski definition) is 1. The molecule has 2 saturated carbocycles. The molecule has 2 aliphatic carbocycles. The van der Waals surface area contributed by atoms with Crippen molar-refractivity contribution in [1.82, 2.24) is 4.72 Å². The van der Waals surface area contributed by atoms with Crippen molar-refractivity contribution in [3.8, 4) is 6.07 Å². The van der Waals surface area contributed by atoms with E-state index in [1.165, 1.54) is 0 Å². The maximum atomic E-state index is 11.7. The largest absolute Gasteiger partial charge is 0.213 e. The van der Waals surface area contributed by atoms with Crippen LogP contribution >= 0.6 is 0 Å². The topological polar surface area (TPSA) is 70.0 Å². The Morgan fingerprint density at radius 1 is 1.33 bits per heavy atom. The van der Waals surface area contributed by atoms with Gasteiger partial charge in [-0.25, -0.2) is 8.42 Å². The Balaban J connectivity index is 2.02. The lowest BCUT2D eigenvalue weighted by molar-refractivity contribution is 0.484. The number of nitrogens with zero attached hydrogens (tertiary/aromatic N) is 1. The molecule has 0 spiro atoms. The van der Waals surface area contributed by atoms with Crippen LogP contribution in [0.15, 0.2) is 0 Å². The summed E-state index contributed by atoms with van der Waals surface area (Å²) in [6.07, 6.45) is 5.24. The SMILES string of the molecule is N#CC1(NS(=O)(=O)CC2CC2)CCCC1. The molecule has 0 heterocycles. The van der Waals surface area contributed by atoms with Crippen LogP contribution in [0.1, 0.15) is 38.5 Å². The minimum absolute atomic E-state index is 0.205. The Morgan fingerprint density at radius 2 is 1.93 bits per heavy atom. The predicted molar refractivity (Wildman–Crippen MR) is 56.5 cm³/mol. The smallest absolute Gasteiger partial charge is 0.212 e. The third-order valence-corrected chi connectivity index (χ3v) is 4.79. The van der Waals surface area contributed by atoms with Crippen LogP contribution in [0.2, 0.25) is 0 Å². The van der Waals surface area contributed by atoms with E-state index in [-0.39, 0.29) is 5.75 Å². The minimum atomic E-state index is -3.24. The van der Waals surface area contributed by atoms with Crippen molar-refractivity contribution in [1.29, 1.82) is 5.26 Å². The van der Waals surface area contributed by atoms with Crippen LogP contribution in [0.3, 0.4) is 0 Å². The summed E-state index contributed by atoms with van der Waals surface area (Å²) in [5.41, 5.74) is -0.798. The molecule has 0 saturated heterocycles. The standard InChI is InChI=1S/C10H16N2O2S/c11-8-10(5-1-2-6-10)12-15(13,14)7-9-3-4-9/h9,12H,1-7H2. The molecule has 0 unspecified atom stereocenters. The van der Waals surface area contributed by atoms with Gasteiger partial charge in [-0.05, 0) is 31.6 Å². The number of nitrogens with one attached hydrogen (secondary N) is 1. The molecule has 2 rings (SSSR count). The van der Waals surface area contributed by atoms with Gasteiger partial charge in [-0.3, -0.25) is 0 Å². The second kappa shape index (κ2) is 3.76. The van der Waals surface area contributed by atoms with Gasteiger partial charge in [-0.1, -0.05) is 12.8 Å². The van der Waals surface area contributed by atoms with Crippen molar-refractivity contribution in [2.75, 3.05) is 5.75 Å². The summed E-state index contributed by atoms with van der Waals surface area (Å²) in [5, 5.41) is 9.05. The third-order valence-electron chi connectivity index (χ3n) is 3.17. The van der Waals surface area contributed by atoms with Gasteiger partial charge in [0.25, 0.3) is 0 Å². The highest BCUT2D eigenvalue weighted by molar-refractivity contribution is 7.89. The van der Waals surface area contributed by atoms with E-state index < -0.39 is 15.6 Å². The normalized spacial score (nSPS) is 25.0. The van der Waals surface area contributed by atoms with Crippen LogP contribution in [0.25, 0.3) is 0 Å². The van der Waals surface area contributed by atoms with Crippen molar-refractivity contribution in [3.63, 3.8) is 0 Å². The van der Waals surface area contributed by atoms with Crippen molar-refractivity contribution in [2.45, 2.75) is 44.1 Å². The Labute approximate surface area is 90.7 Å². The lowest BCUT2D eigenvalue weighted by Crippen LogP contribution is -2.46. The zero-order chi connectivity index (χ0) is 10.9. The quantitative estimate of drug-likeness (QED) is 0.784. The van der Waals surface area contributed by atoms with Crippen LogP contribution in [-0.2, 0) is 10.0 Å². The van der Waals surface area contributed by atoms with Crippen LogP contribution in [-0.4, -0.2) is 19.7 Å². The Kier molecular flexibility index (Phi) is 2.73. The highest BCUT2D eigenvalue weighted by Gasteiger charge is 2.39. The van der Waals surface area contributed by atoms with Crippen molar-refractivity contribution in [3.05, 3.63) is 0 Å². The molecule has 1 N–H and O–H groups in total. The van der Waals surface area contributed by atoms with Gasteiger partial charge >= 0.3 is 0 Å². The second-order valence-corrected chi connectivity index (χ2v) is 6.49. The van der Waals surface area contributed by atoms with E-state index in [0.717, 1.165) is 25.7 Å². The highest BCUT2D eigenvalue weighted by atomic mass is 32.2. The molecular weight excluding hydrogens is 212 g/mol. The number of hydrogen-bond acceptors (Lipinski definition) is 3. The summed E-state index contributed by atoms with van der Waals surface area (Å²) in [5.74, 6) is 0.538. The van der Waals surface area contributed by atoms with E-state index in [1.54, 1.807) is 0 Å². The molecule has 84 valence electrons. The van der Waals surface area contributed by atoms with E-state index in [9.17, 15) is 8.42 Å². The molecule has 15 heavy (non-hydrogen) atoms. The fourth-order valence-electron chi connectivity index (χ4n) is 2.15. The van der Waals surface area contributed by atoms with E-state index >= 15 is 0 Å². The summed E-state index contributed by atoms with van der Waals surface area (Å²) >= 11 is 0. The summed E-state index contributed by atoms with van der Waals surface area (Å²) in [6, 6.07) is 2.14. The van der Waals surface area contributed by atoms with Gasteiger partial charge in [0.2, 0.25) is 10.0 Å². The summed E-state index contributed by atoms with van der Waals surface area (Å²) in [6.45, 7) is 0. The van der Waals surface area contributed by atoms with Crippen LogP contribution in [0.4, 0.5) is 0 Å². The maximum Gasteiger partial charge on any atom is 0.213 e. The van der Waals surface area contributed by atoms with Gasteiger partial charge in [0.15, 0.2) is 0 Å². The molecular formula is C10H16N2O2S. The number of nitriles is 1. The molecule has 0 aromatic rings. The van der Waals surface area contributed by atoms with Crippen LogP contribution in [0, 0.1) is 17.2 Å². The van der Waals surface area contributed by atoms with Gasteiger partial charge in [0.1, 0.15) is 5.54 Å². The van der Waals surface area contributed by atoms with Crippen molar-refractivity contribution >= 4 is 10.0 Å². The first-order valence-corrected chi connectivity index (χ1v) is 7.13. The maximum absolute atomic E-state index is 11.7. The zero-order valence-corrected chi connectivity index (χ0v) is 9.52. The molecule has 2 aliphatic rings. The Bertz CT molecular complexity index is 373. The van der Waals surface area contributed by atoms with Gasteiger partial charge in [0, 0.05) is 0 Å². The molecule has 0 bridgehead atoms. The summed E-state index contributed by atoms with van der Waals surface area (Å²) in [4.78, 5) is 0. The van der Waals surface area contributed by atoms with Gasteiger partial charge in [-0.15, -0.1) is 0 Å². The van der Waals surface area contributed by atoms with E-state index in [4.69, 9.17) is 5.26 Å². The first-order valence-electron chi connectivity index (χ1n) is 5.48. The Morgan fingerprint density at radius 3 is 2.40 bits per heavy atom. The van der Waals surface area contributed by atoms with Gasteiger partial charge < -0.3 is 0 Å². The average Bonchev–Trinajstić information content (AvgIpc) is 2.82. The predicted octanol–water partition coefficient (Wildman–Crippen LogP) is 1.15. The molecule has 2 fully saturated rings. The Hall–Kier alpha value is -0.600. The van der Waals surface area contributed by atoms with Crippen LogP contribution in [0.5, 0.6) is 0 Å². The van der Waals surface area contributed by atoms with E-state index in [2.05, 4.69) is 10.8 Å². The molecule has 0 amide bonds. The first kappa shape index (κ1) is 10.9. The summed E-state index contributed by atoms with van der Waals surface area (Å²) < 4.78 is 26.1. The summed E-state index contributed by atoms with van der Waals surface area (Å²) in [7, 11) is -3.24. The second-order valence-electron chi connectivity index (χ2n) is 4.73. The van der Waals surface area contributed by atoms with Crippen molar-refractivity contribution in [2.24, 2.45) is 5.92 Å². The zero-order valence-electron chi connectivity index (χ0n) is 8.70. The molecule has 0 radical (unpaired) electrons. The molecule has 0 aromatic carbocycles. The first-order chi connectivity index (χ1) is 7.05. The van der Waals surface area contributed by atoms with E-state index in [1.807, 2.05) is 0 Å². The molecule has 0 aliphatic heterocycles.